The van der Waals surface area contributed by atoms with Crippen LogP contribution in [0.2, 0.25) is 0 Å². The van der Waals surface area contributed by atoms with E-state index in [9.17, 15) is 5.11 Å². The van der Waals surface area contributed by atoms with Crippen molar-refractivity contribution in [2.75, 3.05) is 18.5 Å². The molecule has 2 aliphatic heterocycles. The first kappa shape index (κ1) is 16.4. The number of fused-ring (bicyclic) bond motifs is 3. The van der Waals surface area contributed by atoms with E-state index < -0.39 is 0 Å². The van der Waals surface area contributed by atoms with Gasteiger partial charge in [0.25, 0.3) is 0 Å². The van der Waals surface area contributed by atoms with Gasteiger partial charge in [-0.1, -0.05) is 45.0 Å². The molecule has 0 aliphatic carbocycles. The lowest BCUT2D eigenvalue weighted by molar-refractivity contribution is -0.151. The number of phenolic OH excluding ortho intramolecular Hbond substituents is 1. The van der Waals surface area contributed by atoms with Gasteiger partial charge in [-0.25, -0.2) is 0 Å². The average Bonchev–Trinajstić information content (AvgIpc) is 2.60. The number of benzene rings is 2. The zero-order chi connectivity index (χ0) is 17.6. The minimum Gasteiger partial charge on any atom is -0.508 e. The van der Waals surface area contributed by atoms with Crippen molar-refractivity contribution in [1.29, 1.82) is 0 Å². The summed E-state index contributed by atoms with van der Waals surface area (Å²) in [5.41, 5.74) is 4.74. The zero-order valence-electron chi connectivity index (χ0n) is 15.0. The maximum absolute atomic E-state index is 9.58. The molecule has 1 saturated heterocycles. The molecule has 2 N–H and O–H groups in total. The number of aromatic hydroxyl groups is 1. The highest BCUT2D eigenvalue weighted by Gasteiger charge is 2.41. The van der Waals surface area contributed by atoms with Crippen molar-refractivity contribution >= 4 is 5.69 Å². The summed E-state index contributed by atoms with van der Waals surface area (Å²) in [6, 6.07) is 13.9. The zero-order valence-corrected chi connectivity index (χ0v) is 15.0. The summed E-state index contributed by atoms with van der Waals surface area (Å²) in [6.07, 6.45) is -0.160. The molecule has 0 saturated carbocycles. The smallest absolute Gasteiger partial charge is 0.115 e. The first-order valence-corrected chi connectivity index (χ1v) is 8.86. The average molecular weight is 339 g/mol. The van der Waals surface area contributed by atoms with Crippen LogP contribution in [0, 0.1) is 0 Å². The molecule has 0 bridgehead atoms. The van der Waals surface area contributed by atoms with E-state index in [0.717, 1.165) is 11.3 Å². The summed E-state index contributed by atoms with van der Waals surface area (Å²) in [7, 11) is 0. The van der Waals surface area contributed by atoms with Crippen LogP contribution < -0.4 is 5.32 Å². The molecule has 4 rings (SSSR count). The lowest BCUT2D eigenvalue weighted by Crippen LogP contribution is -2.43. The van der Waals surface area contributed by atoms with Crippen LogP contribution in [0.25, 0.3) is 0 Å². The number of nitrogens with one attached hydrogen (secondary N) is 1. The molecule has 4 heteroatoms. The monoisotopic (exact) mass is 339 g/mol. The lowest BCUT2D eigenvalue weighted by Gasteiger charge is -2.43. The fourth-order valence-electron chi connectivity index (χ4n) is 3.68. The number of ether oxygens (including phenoxy) is 2. The third-order valence-electron chi connectivity index (χ3n) is 5.11. The van der Waals surface area contributed by atoms with Crippen LogP contribution in [0.5, 0.6) is 5.75 Å². The van der Waals surface area contributed by atoms with E-state index in [0.29, 0.717) is 13.2 Å². The minimum absolute atomic E-state index is 0.00103. The molecule has 132 valence electrons. The van der Waals surface area contributed by atoms with Crippen molar-refractivity contribution in [3.63, 3.8) is 0 Å². The highest BCUT2D eigenvalue weighted by molar-refractivity contribution is 5.59. The van der Waals surface area contributed by atoms with E-state index in [1.165, 1.54) is 11.1 Å². The molecule has 0 aromatic heterocycles. The third kappa shape index (κ3) is 3.00. The molecule has 1 fully saturated rings. The predicted octanol–water partition coefficient (Wildman–Crippen LogP) is 4.31. The van der Waals surface area contributed by atoms with Crippen LogP contribution in [0.3, 0.4) is 0 Å². The highest BCUT2D eigenvalue weighted by atomic mass is 16.6. The predicted molar refractivity (Wildman–Crippen MR) is 98.0 cm³/mol. The number of rotatable bonds is 1. The molecule has 25 heavy (non-hydrogen) atoms. The quantitative estimate of drug-likeness (QED) is 0.813. The standard InChI is InChI=1S/C21H25NO3/c1-21(2,3)14-6-9-17-16(12-14)19-20(25-11-10-24-19)18(22-17)13-4-7-15(23)8-5-13/h4-9,12,18-20,22-23H,10-11H2,1-3H3. The summed E-state index contributed by atoms with van der Waals surface area (Å²) in [5.74, 6) is 0.271. The van der Waals surface area contributed by atoms with Gasteiger partial charge in [-0.3, -0.25) is 0 Å². The Bertz CT molecular complexity index is 764. The first-order valence-electron chi connectivity index (χ1n) is 8.86. The lowest BCUT2D eigenvalue weighted by atomic mass is 9.82. The topological polar surface area (TPSA) is 50.7 Å². The van der Waals surface area contributed by atoms with E-state index in [4.69, 9.17) is 9.47 Å². The molecule has 3 atom stereocenters. The Morgan fingerprint density at radius 2 is 1.72 bits per heavy atom. The van der Waals surface area contributed by atoms with E-state index in [-0.39, 0.29) is 29.4 Å². The number of hydrogen-bond acceptors (Lipinski definition) is 4. The Morgan fingerprint density at radius 3 is 2.44 bits per heavy atom. The number of phenols is 1. The van der Waals surface area contributed by atoms with Crippen LogP contribution in [0.4, 0.5) is 5.69 Å². The van der Waals surface area contributed by atoms with Crippen LogP contribution in [-0.2, 0) is 14.9 Å². The SMILES string of the molecule is CC(C)(C)c1ccc2c(c1)C1OCCOC1C(c1ccc(O)cc1)N2. The Labute approximate surface area is 148 Å². The normalized spacial score (nSPS) is 25.6. The van der Waals surface area contributed by atoms with Gasteiger partial charge in [0.2, 0.25) is 0 Å². The van der Waals surface area contributed by atoms with Crippen LogP contribution >= 0.6 is 0 Å². The van der Waals surface area contributed by atoms with Gasteiger partial charge >= 0.3 is 0 Å². The maximum atomic E-state index is 9.58. The summed E-state index contributed by atoms with van der Waals surface area (Å²) < 4.78 is 12.2. The van der Waals surface area contributed by atoms with Gasteiger partial charge in [-0.15, -0.1) is 0 Å². The number of hydrogen-bond donors (Lipinski definition) is 2. The largest absolute Gasteiger partial charge is 0.508 e. The van der Waals surface area contributed by atoms with Crippen molar-refractivity contribution in [3.8, 4) is 5.75 Å². The van der Waals surface area contributed by atoms with E-state index in [1.54, 1.807) is 12.1 Å². The fraction of sp³-hybridized carbons (Fsp3) is 0.429. The maximum Gasteiger partial charge on any atom is 0.115 e. The van der Waals surface area contributed by atoms with Gasteiger partial charge in [-0.05, 0) is 34.7 Å². The van der Waals surface area contributed by atoms with Crippen molar-refractivity contribution in [2.24, 2.45) is 0 Å². The molecule has 0 spiro atoms. The van der Waals surface area contributed by atoms with Gasteiger partial charge in [0, 0.05) is 11.3 Å². The summed E-state index contributed by atoms with van der Waals surface area (Å²) in [4.78, 5) is 0. The summed E-state index contributed by atoms with van der Waals surface area (Å²) in [5, 5.41) is 13.2. The van der Waals surface area contributed by atoms with Crippen LogP contribution in [0.1, 0.15) is 49.6 Å². The Balaban J connectivity index is 1.76. The van der Waals surface area contributed by atoms with Gasteiger partial charge in [0.05, 0.1) is 19.3 Å². The summed E-state index contributed by atoms with van der Waals surface area (Å²) in [6.45, 7) is 7.88. The van der Waals surface area contributed by atoms with Crippen molar-refractivity contribution in [3.05, 3.63) is 59.2 Å². The molecule has 3 unspecified atom stereocenters. The number of anilines is 1. The Kier molecular flexibility index (Phi) is 3.97. The molecular weight excluding hydrogens is 314 g/mol. The van der Waals surface area contributed by atoms with E-state index in [1.807, 2.05) is 12.1 Å². The molecule has 0 radical (unpaired) electrons. The Hall–Kier alpha value is -2.04. The molecule has 2 aliphatic rings. The molecule has 2 heterocycles. The van der Waals surface area contributed by atoms with Crippen molar-refractivity contribution < 1.29 is 14.6 Å². The second-order valence-corrected chi connectivity index (χ2v) is 7.89. The third-order valence-corrected chi connectivity index (χ3v) is 5.11. The van der Waals surface area contributed by atoms with Crippen LogP contribution in [0.15, 0.2) is 42.5 Å². The minimum atomic E-state index is -0.0824. The molecule has 0 amide bonds. The molecule has 2 aromatic carbocycles. The molecule has 2 aromatic rings. The van der Waals surface area contributed by atoms with Gasteiger partial charge in [0.1, 0.15) is 18.0 Å². The highest BCUT2D eigenvalue weighted by Crippen LogP contribution is 2.45. The van der Waals surface area contributed by atoms with Crippen molar-refractivity contribution in [1.82, 2.24) is 0 Å². The summed E-state index contributed by atoms with van der Waals surface area (Å²) >= 11 is 0. The van der Waals surface area contributed by atoms with Gasteiger partial charge < -0.3 is 19.9 Å². The van der Waals surface area contributed by atoms with E-state index >= 15 is 0 Å². The van der Waals surface area contributed by atoms with Gasteiger partial charge in [-0.2, -0.15) is 0 Å². The fourth-order valence-corrected chi connectivity index (χ4v) is 3.68. The second kappa shape index (κ2) is 6.04. The second-order valence-electron chi connectivity index (χ2n) is 7.89. The first-order chi connectivity index (χ1) is 11.9. The Morgan fingerprint density at radius 1 is 1.00 bits per heavy atom. The molecular formula is C21H25NO3. The van der Waals surface area contributed by atoms with Crippen molar-refractivity contribution in [2.45, 2.75) is 44.4 Å². The molecule has 4 nitrogen and oxygen atoms in total. The van der Waals surface area contributed by atoms with Crippen LogP contribution in [-0.4, -0.2) is 24.4 Å². The van der Waals surface area contributed by atoms with E-state index in [2.05, 4.69) is 44.3 Å². The van der Waals surface area contributed by atoms with Gasteiger partial charge in [0.15, 0.2) is 0 Å².